The summed E-state index contributed by atoms with van der Waals surface area (Å²) in [6.45, 7) is 0.914. The van der Waals surface area contributed by atoms with Crippen LogP contribution in [0.25, 0.3) is 0 Å². The topological polar surface area (TPSA) is 32.3 Å². The van der Waals surface area contributed by atoms with E-state index in [0.717, 1.165) is 27.9 Å². The zero-order valence-corrected chi connectivity index (χ0v) is 12.7. The quantitative estimate of drug-likeness (QED) is 0.877. The zero-order valence-electron chi connectivity index (χ0n) is 10.4. The third-order valence-electron chi connectivity index (χ3n) is 3.77. The van der Waals surface area contributed by atoms with Crippen LogP contribution in [0.15, 0.2) is 22.7 Å². The van der Waals surface area contributed by atoms with Crippen LogP contribution in [-0.2, 0) is 6.54 Å². The van der Waals surface area contributed by atoms with Crippen LogP contribution in [0.5, 0.6) is 0 Å². The molecule has 1 aromatic rings. The average Bonchev–Trinajstić information content (AvgIpc) is 2.41. The summed E-state index contributed by atoms with van der Waals surface area (Å²) in [6.07, 6.45) is 5.77. The van der Waals surface area contributed by atoms with Gasteiger partial charge in [0.25, 0.3) is 0 Å². The molecule has 4 heteroatoms. The van der Waals surface area contributed by atoms with Crippen molar-refractivity contribution in [2.75, 3.05) is 6.61 Å². The van der Waals surface area contributed by atoms with Crippen molar-refractivity contribution in [3.05, 3.63) is 33.3 Å². The lowest BCUT2D eigenvalue weighted by Crippen LogP contribution is -2.49. The molecule has 0 radical (unpaired) electrons. The van der Waals surface area contributed by atoms with E-state index in [0.29, 0.717) is 6.54 Å². The van der Waals surface area contributed by atoms with Gasteiger partial charge in [0.1, 0.15) is 0 Å². The Bertz CT molecular complexity index is 405. The van der Waals surface area contributed by atoms with Crippen LogP contribution >= 0.6 is 27.5 Å². The van der Waals surface area contributed by atoms with Gasteiger partial charge in [-0.05, 0) is 36.6 Å². The molecule has 1 aliphatic rings. The fourth-order valence-corrected chi connectivity index (χ4v) is 3.17. The first kappa shape index (κ1) is 14.3. The maximum Gasteiger partial charge on any atom is 0.0613 e. The van der Waals surface area contributed by atoms with Gasteiger partial charge in [-0.15, -0.1) is 0 Å². The van der Waals surface area contributed by atoms with Gasteiger partial charge in [-0.3, -0.25) is 0 Å². The van der Waals surface area contributed by atoms with E-state index in [9.17, 15) is 5.11 Å². The summed E-state index contributed by atoms with van der Waals surface area (Å²) in [5, 5.41) is 13.9. The lowest BCUT2D eigenvalue weighted by molar-refractivity contribution is 0.119. The van der Waals surface area contributed by atoms with E-state index in [-0.39, 0.29) is 12.1 Å². The van der Waals surface area contributed by atoms with Crippen molar-refractivity contribution in [2.45, 2.75) is 44.2 Å². The third-order valence-corrected chi connectivity index (χ3v) is 4.64. The lowest BCUT2D eigenvalue weighted by atomic mass is 9.82. The molecular formula is C14H19BrClNO. The number of hydrogen-bond acceptors (Lipinski definition) is 2. The Labute approximate surface area is 122 Å². The van der Waals surface area contributed by atoms with Gasteiger partial charge in [-0.25, -0.2) is 0 Å². The van der Waals surface area contributed by atoms with Gasteiger partial charge >= 0.3 is 0 Å². The fourth-order valence-electron chi connectivity index (χ4n) is 2.58. The third kappa shape index (κ3) is 3.47. The largest absolute Gasteiger partial charge is 0.394 e. The first-order chi connectivity index (χ1) is 8.65. The Balaban J connectivity index is 2.03. The van der Waals surface area contributed by atoms with Crippen molar-refractivity contribution in [3.8, 4) is 0 Å². The van der Waals surface area contributed by atoms with Crippen LogP contribution in [0, 0.1) is 0 Å². The molecule has 2 N–H and O–H groups in total. The average molecular weight is 333 g/mol. The second kappa shape index (κ2) is 6.38. The van der Waals surface area contributed by atoms with Crippen molar-refractivity contribution >= 4 is 27.5 Å². The molecule has 0 saturated heterocycles. The molecule has 1 fully saturated rings. The van der Waals surface area contributed by atoms with E-state index in [1.165, 1.54) is 19.3 Å². The predicted molar refractivity (Wildman–Crippen MR) is 78.9 cm³/mol. The van der Waals surface area contributed by atoms with Gasteiger partial charge in [0, 0.05) is 21.6 Å². The zero-order chi connectivity index (χ0) is 13.0. The molecule has 100 valence electrons. The predicted octanol–water partition coefficient (Wildman–Crippen LogP) is 3.89. The van der Waals surface area contributed by atoms with Gasteiger partial charge in [0.2, 0.25) is 0 Å². The first-order valence-corrected chi connectivity index (χ1v) is 7.62. The van der Waals surface area contributed by atoms with Crippen LogP contribution in [-0.4, -0.2) is 17.3 Å². The summed E-state index contributed by atoms with van der Waals surface area (Å²) < 4.78 is 1.03. The molecule has 0 aliphatic heterocycles. The minimum absolute atomic E-state index is 0.107. The molecule has 0 bridgehead atoms. The van der Waals surface area contributed by atoms with Gasteiger partial charge in [-0.2, -0.15) is 0 Å². The van der Waals surface area contributed by atoms with Gasteiger partial charge in [0.05, 0.1) is 6.61 Å². The Morgan fingerprint density at radius 2 is 2.00 bits per heavy atom. The van der Waals surface area contributed by atoms with Crippen LogP contribution in [0.3, 0.4) is 0 Å². The van der Waals surface area contributed by atoms with Gasteiger partial charge in [-0.1, -0.05) is 46.8 Å². The Morgan fingerprint density at radius 1 is 1.28 bits per heavy atom. The highest BCUT2D eigenvalue weighted by atomic mass is 79.9. The molecule has 0 spiro atoms. The highest BCUT2D eigenvalue weighted by Crippen LogP contribution is 2.29. The second-order valence-electron chi connectivity index (χ2n) is 5.09. The monoisotopic (exact) mass is 331 g/mol. The van der Waals surface area contributed by atoms with Crippen LogP contribution < -0.4 is 5.32 Å². The Kier molecular flexibility index (Phi) is 5.07. The number of hydrogen-bond donors (Lipinski definition) is 2. The number of halogens is 2. The van der Waals surface area contributed by atoms with Crippen molar-refractivity contribution in [2.24, 2.45) is 0 Å². The summed E-state index contributed by atoms with van der Waals surface area (Å²) in [5.74, 6) is 0. The molecule has 0 heterocycles. The Hall–Kier alpha value is -0.0900. The fraction of sp³-hybridized carbons (Fsp3) is 0.571. The molecule has 2 nitrogen and oxygen atoms in total. The van der Waals surface area contributed by atoms with Gasteiger partial charge < -0.3 is 10.4 Å². The maximum absolute atomic E-state index is 9.64. The molecule has 1 aliphatic carbocycles. The SMILES string of the molecule is OCC1(NCc2cc(Br)ccc2Cl)CCCCC1. The standard InChI is InChI=1S/C14H19BrClNO/c15-12-4-5-13(16)11(8-12)9-17-14(10-18)6-2-1-3-7-14/h4-5,8,17-18H,1-3,6-7,9-10H2. The minimum Gasteiger partial charge on any atom is -0.394 e. The number of aliphatic hydroxyl groups is 1. The molecule has 0 aromatic heterocycles. The van der Waals surface area contributed by atoms with Crippen molar-refractivity contribution < 1.29 is 5.11 Å². The molecule has 2 rings (SSSR count). The van der Waals surface area contributed by atoms with Crippen molar-refractivity contribution in [3.63, 3.8) is 0 Å². The minimum atomic E-state index is -0.107. The summed E-state index contributed by atoms with van der Waals surface area (Å²) in [6, 6.07) is 5.87. The summed E-state index contributed by atoms with van der Waals surface area (Å²) >= 11 is 9.64. The van der Waals surface area contributed by atoms with E-state index in [1.54, 1.807) is 0 Å². The number of aliphatic hydroxyl groups excluding tert-OH is 1. The molecule has 0 unspecified atom stereocenters. The van der Waals surface area contributed by atoms with Gasteiger partial charge in [0.15, 0.2) is 0 Å². The molecule has 0 amide bonds. The van der Waals surface area contributed by atoms with Crippen molar-refractivity contribution in [1.29, 1.82) is 0 Å². The lowest BCUT2D eigenvalue weighted by Gasteiger charge is -2.36. The normalized spacial score (nSPS) is 18.8. The first-order valence-electron chi connectivity index (χ1n) is 6.45. The summed E-state index contributed by atoms with van der Waals surface area (Å²) in [4.78, 5) is 0. The molecule has 1 saturated carbocycles. The van der Waals surface area contributed by atoms with Crippen molar-refractivity contribution in [1.82, 2.24) is 5.32 Å². The maximum atomic E-state index is 9.64. The second-order valence-corrected chi connectivity index (χ2v) is 6.41. The van der Waals surface area contributed by atoms with E-state index in [2.05, 4.69) is 21.2 Å². The highest BCUT2D eigenvalue weighted by molar-refractivity contribution is 9.10. The number of benzene rings is 1. The number of nitrogens with one attached hydrogen (secondary N) is 1. The molecule has 1 aromatic carbocycles. The Morgan fingerprint density at radius 3 is 2.67 bits per heavy atom. The summed E-state index contributed by atoms with van der Waals surface area (Å²) in [7, 11) is 0. The van der Waals surface area contributed by atoms with Crippen LogP contribution in [0.2, 0.25) is 5.02 Å². The molecule has 18 heavy (non-hydrogen) atoms. The highest BCUT2D eigenvalue weighted by Gasteiger charge is 2.30. The van der Waals surface area contributed by atoms with E-state index >= 15 is 0 Å². The van der Waals surface area contributed by atoms with Crippen LogP contribution in [0.1, 0.15) is 37.7 Å². The molecular weight excluding hydrogens is 314 g/mol. The van der Waals surface area contributed by atoms with E-state index in [4.69, 9.17) is 11.6 Å². The van der Waals surface area contributed by atoms with Crippen LogP contribution in [0.4, 0.5) is 0 Å². The van der Waals surface area contributed by atoms with E-state index < -0.39 is 0 Å². The smallest absolute Gasteiger partial charge is 0.0613 e. The molecule has 0 atom stereocenters. The summed E-state index contributed by atoms with van der Waals surface area (Å²) in [5.41, 5.74) is 0.966. The van der Waals surface area contributed by atoms with E-state index in [1.807, 2.05) is 18.2 Å². The number of rotatable bonds is 4.